The number of carbonyl (C=O) groups is 3. The molecule has 1 aliphatic heterocycles. The third-order valence-corrected chi connectivity index (χ3v) is 3.85. The van der Waals surface area contributed by atoms with E-state index in [1.807, 2.05) is 33.8 Å². The minimum absolute atomic E-state index is 0.0479. The number of methoxy groups -OCH3 is 1. The van der Waals surface area contributed by atoms with E-state index in [-0.39, 0.29) is 19.6 Å². The summed E-state index contributed by atoms with van der Waals surface area (Å²) in [6, 6.07) is 8.98. The maximum absolute atomic E-state index is 12.3. The molecule has 0 aliphatic carbocycles. The van der Waals surface area contributed by atoms with Crippen LogP contribution in [-0.2, 0) is 29.3 Å². The van der Waals surface area contributed by atoms with Crippen LogP contribution in [0.25, 0.3) is 0 Å². The van der Waals surface area contributed by atoms with E-state index in [1.165, 1.54) is 12.0 Å². The molecule has 1 aliphatic rings. The first-order valence-corrected chi connectivity index (χ1v) is 9.96. The van der Waals surface area contributed by atoms with Crippen LogP contribution in [0.1, 0.15) is 60.5 Å². The van der Waals surface area contributed by atoms with Crippen molar-refractivity contribution in [2.75, 3.05) is 20.3 Å². The fourth-order valence-corrected chi connectivity index (χ4v) is 2.78. The van der Waals surface area contributed by atoms with Crippen LogP contribution >= 0.6 is 0 Å². The molecule has 7 heteroatoms. The van der Waals surface area contributed by atoms with Gasteiger partial charge in [-0.05, 0) is 26.3 Å². The second-order valence-electron chi connectivity index (χ2n) is 6.88. The van der Waals surface area contributed by atoms with Gasteiger partial charge in [0, 0.05) is 0 Å². The lowest BCUT2D eigenvalue weighted by molar-refractivity contribution is -0.157. The highest BCUT2D eigenvalue weighted by atomic mass is 16.6. The molecule has 1 aromatic carbocycles. The highest BCUT2D eigenvalue weighted by Crippen LogP contribution is 2.38. The maximum atomic E-state index is 12.3. The fourth-order valence-electron chi connectivity index (χ4n) is 2.78. The summed E-state index contributed by atoms with van der Waals surface area (Å²) in [5.41, 5.74) is -1.10. The maximum Gasteiger partial charge on any atom is 0.411 e. The number of hydrogen-bond donors (Lipinski definition) is 0. The van der Waals surface area contributed by atoms with Crippen LogP contribution in [0.15, 0.2) is 30.3 Å². The lowest BCUT2D eigenvalue weighted by Gasteiger charge is -2.35. The van der Waals surface area contributed by atoms with Gasteiger partial charge in [-0.15, -0.1) is 0 Å². The molecule has 0 N–H and O–H groups in total. The highest BCUT2D eigenvalue weighted by molar-refractivity contribution is 5.82. The smallest absolute Gasteiger partial charge is 0.411 e. The SMILES string of the molecule is CC.CC.COC(=O)CC1(c2ccccc2)COC(=O)N1CC(=O)OC(C)(C)C. The molecule has 2 rings (SSSR count). The Morgan fingerprint density at radius 1 is 1.07 bits per heavy atom. The first-order chi connectivity index (χ1) is 13.7. The van der Waals surface area contributed by atoms with Gasteiger partial charge in [0.25, 0.3) is 0 Å². The summed E-state index contributed by atoms with van der Waals surface area (Å²) in [6.45, 7) is 12.9. The van der Waals surface area contributed by atoms with E-state index in [9.17, 15) is 14.4 Å². The molecule has 1 heterocycles. The second kappa shape index (κ2) is 12.1. The second-order valence-corrected chi connectivity index (χ2v) is 6.88. The summed E-state index contributed by atoms with van der Waals surface area (Å²) in [7, 11) is 1.27. The van der Waals surface area contributed by atoms with Gasteiger partial charge in [-0.25, -0.2) is 4.79 Å². The predicted molar refractivity (Wildman–Crippen MR) is 111 cm³/mol. The van der Waals surface area contributed by atoms with E-state index in [0.717, 1.165) is 0 Å². The van der Waals surface area contributed by atoms with Crippen molar-refractivity contribution >= 4 is 18.0 Å². The van der Waals surface area contributed by atoms with E-state index in [1.54, 1.807) is 45.0 Å². The molecule has 1 fully saturated rings. The lowest BCUT2D eigenvalue weighted by atomic mass is 9.86. The molecule has 29 heavy (non-hydrogen) atoms. The predicted octanol–water partition coefficient (Wildman–Crippen LogP) is 4.29. The zero-order valence-corrected chi connectivity index (χ0v) is 18.9. The number of amides is 1. The molecule has 0 radical (unpaired) electrons. The topological polar surface area (TPSA) is 82.1 Å². The Hall–Kier alpha value is -2.57. The lowest BCUT2D eigenvalue weighted by Crippen LogP contribution is -2.49. The molecule has 1 amide bonds. The summed E-state index contributed by atoms with van der Waals surface area (Å²) < 4.78 is 15.3. The van der Waals surface area contributed by atoms with Crippen molar-refractivity contribution in [2.24, 2.45) is 0 Å². The van der Waals surface area contributed by atoms with Crippen LogP contribution in [0, 0.1) is 0 Å². The Morgan fingerprint density at radius 2 is 1.62 bits per heavy atom. The summed E-state index contributed by atoms with van der Waals surface area (Å²) in [5, 5.41) is 0. The minimum Gasteiger partial charge on any atom is -0.469 e. The van der Waals surface area contributed by atoms with Crippen LogP contribution in [0.3, 0.4) is 0 Å². The van der Waals surface area contributed by atoms with E-state index >= 15 is 0 Å². The van der Waals surface area contributed by atoms with Crippen molar-refractivity contribution in [3.8, 4) is 0 Å². The Kier molecular flexibility index (Phi) is 11.0. The van der Waals surface area contributed by atoms with Gasteiger partial charge in [0.05, 0.1) is 13.5 Å². The van der Waals surface area contributed by atoms with E-state index in [2.05, 4.69) is 0 Å². The van der Waals surface area contributed by atoms with Gasteiger partial charge < -0.3 is 14.2 Å². The molecule has 1 unspecified atom stereocenters. The quantitative estimate of drug-likeness (QED) is 0.533. The molecule has 1 aromatic rings. The van der Waals surface area contributed by atoms with Crippen molar-refractivity contribution < 1.29 is 28.6 Å². The Bertz CT molecular complexity index is 653. The summed E-state index contributed by atoms with van der Waals surface area (Å²) in [5.74, 6) is -1.08. The highest BCUT2D eigenvalue weighted by Gasteiger charge is 2.51. The van der Waals surface area contributed by atoms with Crippen molar-refractivity contribution in [1.82, 2.24) is 4.90 Å². The standard InChI is InChI=1S/C18H23NO6.2C2H6/c1-17(2,3)25-15(21)11-19-16(22)24-12-18(19,10-14(20)23-4)13-8-6-5-7-9-13;2*1-2/h5-9H,10-12H2,1-4H3;2*1-2H3. The van der Waals surface area contributed by atoms with Gasteiger partial charge in [-0.1, -0.05) is 58.0 Å². The van der Waals surface area contributed by atoms with Crippen molar-refractivity contribution in [3.63, 3.8) is 0 Å². The Morgan fingerprint density at radius 3 is 2.10 bits per heavy atom. The van der Waals surface area contributed by atoms with E-state index < -0.39 is 29.2 Å². The van der Waals surface area contributed by atoms with Crippen molar-refractivity contribution in [1.29, 1.82) is 0 Å². The van der Waals surface area contributed by atoms with Crippen LogP contribution in [0.5, 0.6) is 0 Å². The van der Waals surface area contributed by atoms with Crippen LogP contribution < -0.4 is 0 Å². The van der Waals surface area contributed by atoms with Gasteiger partial charge in [0.1, 0.15) is 24.3 Å². The molecule has 0 aromatic heterocycles. The summed E-state index contributed by atoms with van der Waals surface area (Å²) in [4.78, 5) is 37.7. The van der Waals surface area contributed by atoms with Gasteiger partial charge >= 0.3 is 18.0 Å². The monoisotopic (exact) mass is 409 g/mol. The molecule has 0 saturated carbocycles. The normalized spacial score (nSPS) is 17.8. The average Bonchev–Trinajstić information content (AvgIpc) is 3.01. The fraction of sp³-hybridized carbons (Fsp3) is 0.591. The number of carbonyl (C=O) groups excluding carboxylic acids is 3. The van der Waals surface area contributed by atoms with Crippen LogP contribution in [-0.4, -0.2) is 48.8 Å². The third-order valence-electron chi connectivity index (χ3n) is 3.85. The molecule has 164 valence electrons. The first-order valence-electron chi connectivity index (χ1n) is 9.96. The van der Waals surface area contributed by atoms with E-state index in [0.29, 0.717) is 5.56 Å². The molecule has 1 atom stereocenters. The Labute approximate surface area is 174 Å². The van der Waals surface area contributed by atoms with Gasteiger partial charge in [-0.2, -0.15) is 0 Å². The van der Waals surface area contributed by atoms with Gasteiger partial charge in [-0.3, -0.25) is 14.5 Å². The average molecular weight is 410 g/mol. The minimum atomic E-state index is -1.11. The Balaban J connectivity index is 0.00000184. The van der Waals surface area contributed by atoms with Gasteiger partial charge in [0.2, 0.25) is 0 Å². The molecule has 7 nitrogen and oxygen atoms in total. The molecular weight excluding hydrogens is 374 g/mol. The molecule has 0 bridgehead atoms. The number of hydrogen-bond acceptors (Lipinski definition) is 6. The largest absolute Gasteiger partial charge is 0.469 e. The molecule has 0 spiro atoms. The number of ether oxygens (including phenoxy) is 3. The number of esters is 2. The van der Waals surface area contributed by atoms with E-state index in [4.69, 9.17) is 14.2 Å². The number of rotatable bonds is 5. The van der Waals surface area contributed by atoms with Crippen LogP contribution in [0.2, 0.25) is 0 Å². The van der Waals surface area contributed by atoms with Crippen LogP contribution in [0.4, 0.5) is 4.79 Å². The third kappa shape index (κ3) is 7.40. The number of nitrogens with zero attached hydrogens (tertiary/aromatic N) is 1. The number of benzene rings is 1. The number of cyclic esters (lactones) is 1. The first kappa shape index (κ1) is 26.4. The molecular formula is C22H35NO6. The zero-order valence-electron chi connectivity index (χ0n) is 18.9. The molecule has 1 saturated heterocycles. The van der Waals surface area contributed by atoms with Crippen molar-refractivity contribution in [2.45, 2.75) is 66.0 Å². The summed E-state index contributed by atoms with van der Waals surface area (Å²) >= 11 is 0. The summed E-state index contributed by atoms with van der Waals surface area (Å²) in [6.07, 6.45) is -0.791. The van der Waals surface area contributed by atoms with Gasteiger partial charge in [0.15, 0.2) is 0 Å². The van der Waals surface area contributed by atoms with Crippen molar-refractivity contribution in [3.05, 3.63) is 35.9 Å². The zero-order chi connectivity index (χ0) is 22.7.